The van der Waals surface area contributed by atoms with Crippen molar-refractivity contribution < 1.29 is 23.9 Å². The van der Waals surface area contributed by atoms with Crippen LogP contribution in [0.4, 0.5) is 10.5 Å². The topological polar surface area (TPSA) is 84.9 Å². The maximum atomic E-state index is 14.2. The Balaban J connectivity index is 1.60. The fourth-order valence-electron chi connectivity index (χ4n) is 6.17. The van der Waals surface area contributed by atoms with E-state index in [0.717, 1.165) is 75.5 Å². The van der Waals surface area contributed by atoms with Crippen LogP contribution in [0.1, 0.15) is 119 Å². The standard InChI is InChI=1S/C31H46N2O5S/c1-20-11-13-22(14-12-20)28(34)33(24-17-15-23(16-18-24)32-30(36)38-31(2,3)4)25-19-26(21-9-7-6-8-10-21)39-27(25)29(35)37-5/h9,19-20,22-24H,6-8,10-18H2,1-5H3,(H,32,36)/t20-,22-,23?,24?. The third-order valence-corrected chi connectivity index (χ3v) is 9.52. The molecule has 1 N–H and O–H groups in total. The summed E-state index contributed by atoms with van der Waals surface area (Å²) in [7, 11) is 1.41. The van der Waals surface area contributed by atoms with Gasteiger partial charge in [0.05, 0.1) is 12.8 Å². The van der Waals surface area contributed by atoms with Crippen LogP contribution in [0.3, 0.4) is 0 Å². The number of ether oxygens (including phenoxy) is 2. The monoisotopic (exact) mass is 558 g/mol. The highest BCUT2D eigenvalue weighted by Gasteiger charge is 2.38. The Labute approximate surface area is 237 Å². The van der Waals surface area contributed by atoms with Crippen molar-refractivity contribution in [2.45, 2.75) is 122 Å². The Bertz CT molecular complexity index is 1060. The van der Waals surface area contributed by atoms with E-state index >= 15 is 0 Å². The number of nitrogens with zero attached hydrogens (tertiary/aromatic N) is 1. The van der Waals surface area contributed by atoms with Crippen LogP contribution in [-0.2, 0) is 14.3 Å². The zero-order chi connectivity index (χ0) is 28.2. The molecule has 0 aliphatic heterocycles. The lowest BCUT2D eigenvalue weighted by atomic mass is 9.81. The summed E-state index contributed by atoms with van der Waals surface area (Å²) in [5, 5.41) is 3.01. The zero-order valence-corrected chi connectivity index (χ0v) is 25.2. The Morgan fingerprint density at radius 3 is 2.28 bits per heavy atom. The molecule has 1 heterocycles. The summed E-state index contributed by atoms with van der Waals surface area (Å²) < 4.78 is 10.7. The average Bonchev–Trinajstić information content (AvgIpc) is 3.34. The van der Waals surface area contributed by atoms with E-state index < -0.39 is 11.7 Å². The van der Waals surface area contributed by atoms with E-state index in [-0.39, 0.29) is 29.9 Å². The van der Waals surface area contributed by atoms with Crippen LogP contribution >= 0.6 is 11.3 Å². The molecule has 0 unspecified atom stereocenters. The third-order valence-electron chi connectivity index (χ3n) is 8.34. The molecule has 2 saturated carbocycles. The number of alkyl carbamates (subject to hydrolysis) is 1. The van der Waals surface area contributed by atoms with Gasteiger partial charge >= 0.3 is 12.1 Å². The van der Waals surface area contributed by atoms with Crippen molar-refractivity contribution in [2.24, 2.45) is 11.8 Å². The second-order valence-corrected chi connectivity index (χ2v) is 13.7. The van der Waals surface area contributed by atoms with Gasteiger partial charge in [-0.1, -0.05) is 13.0 Å². The number of esters is 1. The fourth-order valence-corrected chi connectivity index (χ4v) is 7.31. The van der Waals surface area contributed by atoms with Gasteiger partial charge in [-0.15, -0.1) is 11.3 Å². The summed E-state index contributed by atoms with van der Waals surface area (Å²) in [6, 6.07) is 2.05. The van der Waals surface area contributed by atoms with Gasteiger partial charge < -0.3 is 19.7 Å². The zero-order valence-electron chi connectivity index (χ0n) is 24.3. The molecular weight excluding hydrogens is 512 g/mol. The van der Waals surface area contributed by atoms with Crippen molar-refractivity contribution in [1.82, 2.24) is 5.32 Å². The maximum absolute atomic E-state index is 14.2. The van der Waals surface area contributed by atoms with E-state index in [1.807, 2.05) is 25.7 Å². The predicted octanol–water partition coefficient (Wildman–Crippen LogP) is 7.49. The lowest BCUT2D eigenvalue weighted by molar-refractivity contribution is -0.124. The van der Waals surface area contributed by atoms with Gasteiger partial charge in [0.1, 0.15) is 10.5 Å². The molecule has 0 spiro atoms. The van der Waals surface area contributed by atoms with E-state index in [2.05, 4.69) is 24.4 Å². The fraction of sp³-hybridized carbons (Fsp3) is 0.710. The molecule has 2 fully saturated rings. The quantitative estimate of drug-likeness (QED) is 0.366. The number of methoxy groups -OCH3 is 1. The van der Waals surface area contributed by atoms with Gasteiger partial charge in [0.25, 0.3) is 0 Å². The molecule has 1 aromatic heterocycles. The molecule has 2 amide bonds. The average molecular weight is 559 g/mol. The van der Waals surface area contributed by atoms with Crippen molar-refractivity contribution in [3.05, 3.63) is 21.9 Å². The number of thiophene rings is 1. The lowest BCUT2D eigenvalue weighted by Crippen LogP contribution is -2.49. The summed E-state index contributed by atoms with van der Waals surface area (Å²) in [6.45, 7) is 7.83. The minimum Gasteiger partial charge on any atom is -0.465 e. The number of nitrogens with one attached hydrogen (secondary N) is 1. The van der Waals surface area contributed by atoms with Gasteiger partial charge in [-0.2, -0.15) is 0 Å². The van der Waals surface area contributed by atoms with Crippen molar-refractivity contribution in [3.8, 4) is 0 Å². The van der Waals surface area contributed by atoms with E-state index in [9.17, 15) is 14.4 Å². The molecule has 4 rings (SSSR count). The highest BCUT2D eigenvalue weighted by atomic mass is 32.1. The predicted molar refractivity (Wildman–Crippen MR) is 156 cm³/mol. The molecule has 39 heavy (non-hydrogen) atoms. The van der Waals surface area contributed by atoms with Gasteiger partial charge in [-0.25, -0.2) is 9.59 Å². The van der Waals surface area contributed by atoms with Crippen LogP contribution in [0.2, 0.25) is 0 Å². The molecule has 0 bridgehead atoms. The summed E-state index contributed by atoms with van der Waals surface area (Å²) in [6.07, 6.45) is 13.2. The largest absolute Gasteiger partial charge is 0.465 e. The smallest absolute Gasteiger partial charge is 0.407 e. The normalized spacial score (nSPS) is 25.8. The van der Waals surface area contributed by atoms with Gasteiger partial charge in [-0.05, 0) is 115 Å². The van der Waals surface area contributed by atoms with Crippen LogP contribution < -0.4 is 10.2 Å². The molecule has 0 radical (unpaired) electrons. The van der Waals surface area contributed by atoms with Crippen LogP contribution in [0.5, 0.6) is 0 Å². The summed E-state index contributed by atoms with van der Waals surface area (Å²) >= 11 is 1.46. The second-order valence-electron chi connectivity index (χ2n) is 12.6. The number of hydrogen-bond acceptors (Lipinski definition) is 6. The summed E-state index contributed by atoms with van der Waals surface area (Å²) in [4.78, 5) is 43.2. The van der Waals surface area contributed by atoms with Gasteiger partial charge in [-0.3, -0.25) is 4.79 Å². The van der Waals surface area contributed by atoms with Gasteiger partial charge in [0.15, 0.2) is 0 Å². The molecule has 7 nitrogen and oxygen atoms in total. The Hall–Kier alpha value is -2.35. The Morgan fingerprint density at radius 1 is 1.00 bits per heavy atom. The highest BCUT2D eigenvalue weighted by Crippen LogP contribution is 2.42. The number of amides is 2. The lowest BCUT2D eigenvalue weighted by Gasteiger charge is -2.39. The van der Waals surface area contributed by atoms with Crippen LogP contribution in [0.15, 0.2) is 12.1 Å². The SMILES string of the molecule is COC(=O)c1sc(C2=CCCCC2)cc1N(C(=O)[C@H]1CC[C@H](C)CC1)C1CCC(NC(=O)OC(C)(C)C)CC1. The third kappa shape index (κ3) is 7.65. The molecule has 0 aromatic carbocycles. The Morgan fingerprint density at radius 2 is 1.69 bits per heavy atom. The molecule has 1 aromatic rings. The maximum Gasteiger partial charge on any atom is 0.407 e. The van der Waals surface area contributed by atoms with Crippen LogP contribution in [0.25, 0.3) is 5.57 Å². The molecule has 3 aliphatic rings. The molecule has 216 valence electrons. The first-order valence-corrected chi connectivity index (χ1v) is 15.6. The highest BCUT2D eigenvalue weighted by molar-refractivity contribution is 7.15. The first-order chi connectivity index (χ1) is 18.6. The molecule has 3 aliphatic carbocycles. The number of anilines is 1. The number of carbonyl (C=O) groups excluding carboxylic acids is 3. The molecule has 0 saturated heterocycles. The Kier molecular flexibility index (Phi) is 9.78. The van der Waals surface area contributed by atoms with E-state index in [1.165, 1.54) is 30.4 Å². The molecule has 8 heteroatoms. The van der Waals surface area contributed by atoms with E-state index in [0.29, 0.717) is 16.5 Å². The van der Waals surface area contributed by atoms with Crippen molar-refractivity contribution in [2.75, 3.05) is 12.0 Å². The van der Waals surface area contributed by atoms with E-state index in [4.69, 9.17) is 9.47 Å². The summed E-state index contributed by atoms with van der Waals surface area (Å²) in [5.41, 5.74) is 1.43. The van der Waals surface area contributed by atoms with Crippen molar-refractivity contribution in [3.63, 3.8) is 0 Å². The number of rotatable bonds is 6. The minimum absolute atomic E-state index is 0.00842. The van der Waals surface area contributed by atoms with Gasteiger partial charge in [0.2, 0.25) is 5.91 Å². The van der Waals surface area contributed by atoms with E-state index in [1.54, 1.807) is 0 Å². The van der Waals surface area contributed by atoms with Crippen molar-refractivity contribution >= 4 is 40.6 Å². The van der Waals surface area contributed by atoms with Gasteiger partial charge in [0, 0.05) is 22.9 Å². The second kappa shape index (κ2) is 12.9. The number of allylic oxidation sites excluding steroid dienone is 2. The van der Waals surface area contributed by atoms with Crippen molar-refractivity contribution in [1.29, 1.82) is 0 Å². The minimum atomic E-state index is -0.545. The summed E-state index contributed by atoms with van der Waals surface area (Å²) in [5.74, 6) is 0.376. The first-order valence-electron chi connectivity index (χ1n) is 14.8. The van der Waals surface area contributed by atoms with Crippen LogP contribution in [0, 0.1) is 11.8 Å². The first kappa shape index (κ1) is 29.6. The number of carbonyl (C=O) groups is 3. The molecular formula is C31H46N2O5S. The number of hydrogen-bond donors (Lipinski definition) is 1. The molecule has 0 atom stereocenters. The van der Waals surface area contributed by atoms with Crippen LogP contribution in [-0.4, -0.2) is 42.8 Å².